The zero-order valence-corrected chi connectivity index (χ0v) is 8.12. The van der Waals surface area contributed by atoms with Crippen LogP contribution in [-0.2, 0) is 4.79 Å². The van der Waals surface area contributed by atoms with Crippen LogP contribution in [0, 0.1) is 0 Å². The average molecular weight is 186 g/mol. The number of amides is 1. The Bertz CT molecular complexity index is 173. The van der Waals surface area contributed by atoms with E-state index < -0.39 is 0 Å². The van der Waals surface area contributed by atoms with E-state index >= 15 is 0 Å². The van der Waals surface area contributed by atoms with Gasteiger partial charge in [-0.25, -0.2) is 0 Å². The molecule has 1 saturated heterocycles. The second-order valence-corrected chi connectivity index (χ2v) is 3.44. The highest BCUT2D eigenvalue weighted by atomic mass is 16.3. The predicted molar refractivity (Wildman–Crippen MR) is 50.4 cm³/mol. The molecule has 1 rings (SSSR count). The van der Waals surface area contributed by atoms with Crippen LogP contribution in [0.25, 0.3) is 0 Å². The van der Waals surface area contributed by atoms with E-state index in [1.165, 1.54) is 0 Å². The molecule has 1 aliphatic heterocycles. The molecular formula is C9H18N2O2. The van der Waals surface area contributed by atoms with E-state index in [2.05, 4.69) is 5.32 Å². The molecule has 0 saturated carbocycles. The van der Waals surface area contributed by atoms with Crippen molar-refractivity contribution in [2.24, 2.45) is 0 Å². The Morgan fingerprint density at radius 1 is 1.69 bits per heavy atom. The Labute approximate surface area is 78.9 Å². The van der Waals surface area contributed by atoms with Gasteiger partial charge in [0.25, 0.3) is 0 Å². The first-order valence-electron chi connectivity index (χ1n) is 4.84. The van der Waals surface area contributed by atoms with Crippen molar-refractivity contribution in [1.29, 1.82) is 0 Å². The van der Waals surface area contributed by atoms with Gasteiger partial charge in [-0.1, -0.05) is 0 Å². The van der Waals surface area contributed by atoms with Crippen molar-refractivity contribution in [3.8, 4) is 0 Å². The lowest BCUT2D eigenvalue weighted by Gasteiger charge is -2.35. The number of nitrogens with one attached hydrogen (secondary N) is 1. The topological polar surface area (TPSA) is 52.6 Å². The third-order valence-corrected chi connectivity index (χ3v) is 2.45. The molecule has 0 aromatic carbocycles. The minimum absolute atomic E-state index is 0.143. The van der Waals surface area contributed by atoms with E-state index in [4.69, 9.17) is 5.11 Å². The van der Waals surface area contributed by atoms with E-state index in [9.17, 15) is 4.79 Å². The number of piperazine rings is 1. The number of rotatable bonds is 3. The molecular weight excluding hydrogens is 168 g/mol. The molecule has 4 nitrogen and oxygen atoms in total. The standard InChI is InChI=1S/C9H18N2O2/c1-8(13)11-5-4-10-7-9(11)3-2-6-12/h9-10,12H,2-7H2,1H3. The summed E-state index contributed by atoms with van der Waals surface area (Å²) in [5, 5.41) is 12.0. The van der Waals surface area contributed by atoms with Gasteiger partial charge in [0.05, 0.1) is 0 Å². The zero-order valence-electron chi connectivity index (χ0n) is 8.12. The van der Waals surface area contributed by atoms with Gasteiger partial charge in [-0.2, -0.15) is 0 Å². The summed E-state index contributed by atoms with van der Waals surface area (Å²) in [7, 11) is 0. The summed E-state index contributed by atoms with van der Waals surface area (Å²) in [5.41, 5.74) is 0. The number of carbonyl (C=O) groups excluding carboxylic acids is 1. The Morgan fingerprint density at radius 3 is 3.08 bits per heavy atom. The Balaban J connectivity index is 2.41. The molecule has 13 heavy (non-hydrogen) atoms. The number of aliphatic hydroxyl groups is 1. The quantitative estimate of drug-likeness (QED) is 0.629. The predicted octanol–water partition coefficient (Wildman–Crippen LogP) is -0.421. The average Bonchev–Trinajstić information content (AvgIpc) is 2.15. The number of aliphatic hydroxyl groups excluding tert-OH is 1. The largest absolute Gasteiger partial charge is 0.396 e. The second-order valence-electron chi connectivity index (χ2n) is 3.44. The van der Waals surface area contributed by atoms with Gasteiger partial charge in [0.2, 0.25) is 5.91 Å². The molecule has 1 atom stereocenters. The molecule has 4 heteroatoms. The molecule has 0 bridgehead atoms. The summed E-state index contributed by atoms with van der Waals surface area (Å²) in [6.45, 7) is 4.36. The molecule has 1 fully saturated rings. The maximum Gasteiger partial charge on any atom is 0.219 e. The van der Waals surface area contributed by atoms with Gasteiger partial charge < -0.3 is 15.3 Å². The number of hydrogen-bond acceptors (Lipinski definition) is 3. The Kier molecular flexibility index (Phi) is 4.18. The maximum atomic E-state index is 11.2. The summed E-state index contributed by atoms with van der Waals surface area (Å²) in [4.78, 5) is 13.1. The number of nitrogens with zero attached hydrogens (tertiary/aromatic N) is 1. The van der Waals surface area contributed by atoms with Crippen LogP contribution in [-0.4, -0.2) is 48.2 Å². The van der Waals surface area contributed by atoms with Crippen LogP contribution in [0.1, 0.15) is 19.8 Å². The van der Waals surface area contributed by atoms with Crippen molar-refractivity contribution in [2.45, 2.75) is 25.8 Å². The first kappa shape index (κ1) is 10.5. The van der Waals surface area contributed by atoms with Gasteiger partial charge in [-0.15, -0.1) is 0 Å². The maximum absolute atomic E-state index is 11.2. The summed E-state index contributed by atoms with van der Waals surface area (Å²) < 4.78 is 0. The van der Waals surface area contributed by atoms with Crippen molar-refractivity contribution < 1.29 is 9.90 Å². The normalized spacial score (nSPS) is 23.2. The lowest BCUT2D eigenvalue weighted by molar-refractivity contribution is -0.132. The lowest BCUT2D eigenvalue weighted by Crippen LogP contribution is -2.52. The highest BCUT2D eigenvalue weighted by molar-refractivity contribution is 5.73. The van der Waals surface area contributed by atoms with Crippen molar-refractivity contribution in [3.05, 3.63) is 0 Å². The summed E-state index contributed by atoms with van der Waals surface area (Å²) >= 11 is 0. The van der Waals surface area contributed by atoms with E-state index in [0.29, 0.717) is 0 Å². The molecule has 1 amide bonds. The second kappa shape index (κ2) is 5.19. The first-order chi connectivity index (χ1) is 6.25. The van der Waals surface area contributed by atoms with E-state index in [1.54, 1.807) is 6.92 Å². The summed E-state index contributed by atoms with van der Waals surface area (Å²) in [6, 6.07) is 0.276. The third kappa shape index (κ3) is 2.97. The smallest absolute Gasteiger partial charge is 0.219 e. The molecule has 0 aromatic rings. The minimum atomic E-state index is 0.143. The van der Waals surface area contributed by atoms with E-state index in [-0.39, 0.29) is 18.6 Å². The van der Waals surface area contributed by atoms with Crippen LogP contribution in [0.5, 0.6) is 0 Å². The van der Waals surface area contributed by atoms with E-state index in [1.807, 2.05) is 4.90 Å². The number of carbonyl (C=O) groups is 1. The fourth-order valence-corrected chi connectivity index (χ4v) is 1.76. The molecule has 1 aliphatic rings. The molecule has 0 radical (unpaired) electrons. The molecule has 0 aliphatic carbocycles. The van der Waals surface area contributed by atoms with Crippen LogP contribution in [0.4, 0.5) is 0 Å². The molecule has 76 valence electrons. The van der Waals surface area contributed by atoms with Crippen molar-refractivity contribution in [1.82, 2.24) is 10.2 Å². The van der Waals surface area contributed by atoms with Gasteiger partial charge in [0.1, 0.15) is 0 Å². The molecule has 1 unspecified atom stereocenters. The third-order valence-electron chi connectivity index (χ3n) is 2.45. The van der Waals surface area contributed by atoms with Crippen molar-refractivity contribution in [3.63, 3.8) is 0 Å². The van der Waals surface area contributed by atoms with Crippen LogP contribution < -0.4 is 5.32 Å². The van der Waals surface area contributed by atoms with Crippen molar-refractivity contribution >= 4 is 5.91 Å². The van der Waals surface area contributed by atoms with Crippen molar-refractivity contribution in [2.75, 3.05) is 26.2 Å². The Morgan fingerprint density at radius 2 is 2.46 bits per heavy atom. The van der Waals surface area contributed by atoms with Crippen LogP contribution in [0.3, 0.4) is 0 Å². The SMILES string of the molecule is CC(=O)N1CCNCC1CCCO. The molecule has 0 spiro atoms. The van der Waals surface area contributed by atoms with Gasteiger partial charge in [-0.05, 0) is 12.8 Å². The van der Waals surface area contributed by atoms with Crippen LogP contribution in [0.2, 0.25) is 0 Å². The molecule has 1 heterocycles. The highest BCUT2D eigenvalue weighted by Gasteiger charge is 2.23. The monoisotopic (exact) mass is 186 g/mol. The highest BCUT2D eigenvalue weighted by Crippen LogP contribution is 2.09. The van der Waals surface area contributed by atoms with Gasteiger partial charge in [0.15, 0.2) is 0 Å². The number of hydrogen-bond donors (Lipinski definition) is 2. The molecule has 2 N–H and O–H groups in total. The minimum Gasteiger partial charge on any atom is -0.396 e. The Hall–Kier alpha value is -0.610. The van der Waals surface area contributed by atoms with E-state index in [0.717, 1.165) is 32.5 Å². The summed E-state index contributed by atoms with van der Waals surface area (Å²) in [6.07, 6.45) is 1.67. The fraction of sp³-hybridized carbons (Fsp3) is 0.889. The lowest BCUT2D eigenvalue weighted by atomic mass is 10.1. The van der Waals surface area contributed by atoms with Gasteiger partial charge in [-0.3, -0.25) is 4.79 Å². The van der Waals surface area contributed by atoms with Crippen LogP contribution >= 0.6 is 0 Å². The summed E-state index contributed by atoms with van der Waals surface area (Å²) in [5.74, 6) is 0.143. The fourth-order valence-electron chi connectivity index (χ4n) is 1.76. The first-order valence-corrected chi connectivity index (χ1v) is 4.84. The van der Waals surface area contributed by atoms with Gasteiger partial charge in [0, 0.05) is 39.2 Å². The van der Waals surface area contributed by atoms with Crippen LogP contribution in [0.15, 0.2) is 0 Å². The van der Waals surface area contributed by atoms with Gasteiger partial charge >= 0.3 is 0 Å². The zero-order chi connectivity index (χ0) is 9.68. The molecule has 0 aromatic heterocycles.